The number of benzene rings is 1. The fourth-order valence-electron chi connectivity index (χ4n) is 3.19. The van der Waals surface area contributed by atoms with Gasteiger partial charge in [0.25, 0.3) is 5.56 Å². The molecule has 0 amide bonds. The second kappa shape index (κ2) is 5.70. The zero-order chi connectivity index (χ0) is 15.3. The van der Waals surface area contributed by atoms with Crippen molar-refractivity contribution >= 4 is 24.1 Å². The van der Waals surface area contributed by atoms with Crippen LogP contribution in [0.2, 0.25) is 0 Å². The minimum Gasteiger partial charge on any atom is -0.459 e. The topological polar surface area (TPSA) is 87.2 Å². The number of anilines is 1. The minimum absolute atomic E-state index is 0. The van der Waals surface area contributed by atoms with Gasteiger partial charge in [-0.1, -0.05) is 30.3 Å². The van der Waals surface area contributed by atoms with Crippen molar-refractivity contribution in [3.63, 3.8) is 0 Å². The quantitative estimate of drug-likeness (QED) is 0.863. The SMILES string of the molecule is Cl.Nc1cnc2n(c1=O)[C@H](C(=O)OCc1ccccc1)[C@@H]1C[C@H]21. The lowest BCUT2D eigenvalue weighted by atomic mass is 10.2. The van der Waals surface area contributed by atoms with Gasteiger partial charge in [0, 0.05) is 11.8 Å². The zero-order valence-corrected chi connectivity index (χ0v) is 13.0. The van der Waals surface area contributed by atoms with E-state index in [1.54, 1.807) is 0 Å². The normalized spacial score (nSPS) is 23.4. The summed E-state index contributed by atoms with van der Waals surface area (Å²) in [6.07, 6.45) is 2.25. The maximum atomic E-state index is 12.4. The molecule has 0 unspecified atom stereocenters. The number of halogens is 1. The van der Waals surface area contributed by atoms with Crippen molar-refractivity contribution in [1.82, 2.24) is 9.55 Å². The van der Waals surface area contributed by atoms with Gasteiger partial charge in [-0.2, -0.15) is 0 Å². The molecule has 2 aliphatic rings. The smallest absolute Gasteiger partial charge is 0.329 e. The molecule has 23 heavy (non-hydrogen) atoms. The van der Waals surface area contributed by atoms with Gasteiger partial charge in [0.2, 0.25) is 0 Å². The molecule has 1 aliphatic heterocycles. The van der Waals surface area contributed by atoms with Crippen molar-refractivity contribution in [2.75, 3.05) is 5.73 Å². The molecular weight excluding hydrogens is 318 g/mol. The van der Waals surface area contributed by atoms with Crippen LogP contribution in [0, 0.1) is 5.92 Å². The first-order valence-electron chi connectivity index (χ1n) is 7.24. The van der Waals surface area contributed by atoms with E-state index in [0.29, 0.717) is 5.82 Å². The molecule has 0 radical (unpaired) electrons. The standard InChI is InChI=1S/C16H15N3O3.ClH/c17-12-7-18-14-11-6-10(11)13(19(14)15(12)20)16(21)22-8-9-4-2-1-3-5-9;/h1-5,7,10-11,13H,6,8,17H2;1H/t10-,11+,13+;/m1./s1. The predicted molar refractivity (Wildman–Crippen MR) is 86.3 cm³/mol. The fourth-order valence-corrected chi connectivity index (χ4v) is 3.19. The van der Waals surface area contributed by atoms with Crippen molar-refractivity contribution < 1.29 is 9.53 Å². The maximum Gasteiger partial charge on any atom is 0.329 e. The van der Waals surface area contributed by atoms with Gasteiger partial charge in [0.15, 0.2) is 0 Å². The van der Waals surface area contributed by atoms with E-state index in [-0.39, 0.29) is 48.1 Å². The molecule has 1 saturated carbocycles. The predicted octanol–water partition coefficient (Wildman–Crippen LogP) is 1.65. The number of hydrogen-bond acceptors (Lipinski definition) is 5. The fraction of sp³-hybridized carbons (Fsp3) is 0.312. The molecule has 1 fully saturated rings. The van der Waals surface area contributed by atoms with Crippen LogP contribution < -0.4 is 11.3 Å². The first-order valence-corrected chi connectivity index (χ1v) is 7.24. The van der Waals surface area contributed by atoms with Crippen molar-refractivity contribution in [1.29, 1.82) is 0 Å². The maximum absolute atomic E-state index is 12.4. The van der Waals surface area contributed by atoms with Crippen LogP contribution in [0.25, 0.3) is 0 Å². The molecule has 1 aromatic carbocycles. The molecule has 7 heteroatoms. The number of fused-ring (bicyclic) bond motifs is 3. The molecule has 3 atom stereocenters. The van der Waals surface area contributed by atoms with Crippen molar-refractivity contribution in [2.45, 2.75) is 25.0 Å². The highest BCUT2D eigenvalue weighted by molar-refractivity contribution is 5.85. The van der Waals surface area contributed by atoms with Crippen molar-refractivity contribution in [3.05, 3.63) is 58.3 Å². The first-order chi connectivity index (χ1) is 10.7. The van der Waals surface area contributed by atoms with E-state index in [0.717, 1.165) is 12.0 Å². The minimum atomic E-state index is -0.591. The van der Waals surface area contributed by atoms with E-state index < -0.39 is 6.04 Å². The average Bonchev–Trinajstić information content (AvgIpc) is 3.25. The summed E-state index contributed by atoms with van der Waals surface area (Å²) in [6.45, 7) is 0.202. The zero-order valence-electron chi connectivity index (χ0n) is 12.2. The third-order valence-electron chi connectivity index (χ3n) is 4.37. The molecule has 4 rings (SSSR count). The van der Waals surface area contributed by atoms with E-state index in [4.69, 9.17) is 10.5 Å². The third kappa shape index (κ3) is 2.49. The summed E-state index contributed by atoms with van der Waals surface area (Å²) in [5.74, 6) is 0.573. The number of nitrogens with zero attached hydrogens (tertiary/aromatic N) is 2. The number of nitrogen functional groups attached to an aromatic ring is 1. The monoisotopic (exact) mass is 333 g/mol. The lowest BCUT2D eigenvalue weighted by Crippen LogP contribution is -2.33. The van der Waals surface area contributed by atoms with Crippen molar-refractivity contribution in [2.24, 2.45) is 5.92 Å². The molecule has 1 aliphatic carbocycles. The largest absolute Gasteiger partial charge is 0.459 e. The number of carbonyl (C=O) groups is 1. The van der Waals surface area contributed by atoms with Gasteiger partial charge in [-0.3, -0.25) is 9.36 Å². The van der Waals surface area contributed by atoms with Gasteiger partial charge < -0.3 is 10.5 Å². The Balaban J connectivity index is 0.00000156. The van der Waals surface area contributed by atoms with Gasteiger partial charge in [0.1, 0.15) is 24.2 Å². The first kappa shape index (κ1) is 15.6. The molecule has 0 bridgehead atoms. The number of nitrogens with two attached hydrogens (primary N) is 1. The number of esters is 1. The number of rotatable bonds is 3. The van der Waals surface area contributed by atoms with Gasteiger partial charge in [0.05, 0.1) is 6.20 Å². The van der Waals surface area contributed by atoms with Crippen LogP contribution >= 0.6 is 12.4 Å². The van der Waals surface area contributed by atoms with Crippen LogP contribution in [0.3, 0.4) is 0 Å². The number of ether oxygens (including phenoxy) is 1. The summed E-state index contributed by atoms with van der Waals surface area (Å²) in [6, 6.07) is 8.87. The van der Waals surface area contributed by atoms with Crippen LogP contribution in [0.1, 0.15) is 29.8 Å². The third-order valence-corrected chi connectivity index (χ3v) is 4.37. The molecule has 0 spiro atoms. The number of aromatic nitrogens is 2. The average molecular weight is 334 g/mol. The summed E-state index contributed by atoms with van der Waals surface area (Å²) in [5.41, 5.74) is 6.26. The lowest BCUT2D eigenvalue weighted by Gasteiger charge is -2.16. The Labute approximate surface area is 138 Å². The number of hydrogen-bond donors (Lipinski definition) is 1. The van der Waals surface area contributed by atoms with Crippen LogP contribution in [0.15, 0.2) is 41.3 Å². The van der Waals surface area contributed by atoms with E-state index in [1.807, 2.05) is 30.3 Å². The van der Waals surface area contributed by atoms with Gasteiger partial charge in [-0.15, -0.1) is 12.4 Å². The molecule has 6 nitrogen and oxygen atoms in total. The highest BCUT2D eigenvalue weighted by atomic mass is 35.5. The highest BCUT2D eigenvalue weighted by Crippen LogP contribution is 2.58. The molecular formula is C16H16ClN3O3. The lowest BCUT2D eigenvalue weighted by molar-refractivity contribution is -0.149. The van der Waals surface area contributed by atoms with Crippen LogP contribution in [-0.4, -0.2) is 15.5 Å². The Bertz CT molecular complexity index is 806. The van der Waals surface area contributed by atoms with E-state index >= 15 is 0 Å². The molecule has 2 heterocycles. The summed E-state index contributed by atoms with van der Waals surface area (Å²) >= 11 is 0. The van der Waals surface area contributed by atoms with Crippen LogP contribution in [-0.2, 0) is 16.1 Å². The van der Waals surface area contributed by atoms with E-state index in [1.165, 1.54) is 10.8 Å². The summed E-state index contributed by atoms with van der Waals surface area (Å²) in [4.78, 5) is 28.9. The highest BCUT2D eigenvalue weighted by Gasteiger charge is 2.57. The molecule has 0 saturated heterocycles. The number of carbonyl (C=O) groups excluding carboxylic acids is 1. The Kier molecular flexibility index (Phi) is 3.85. The second-order valence-corrected chi connectivity index (χ2v) is 5.79. The molecule has 120 valence electrons. The Morgan fingerprint density at radius 3 is 2.83 bits per heavy atom. The van der Waals surface area contributed by atoms with Gasteiger partial charge in [-0.25, -0.2) is 9.78 Å². The van der Waals surface area contributed by atoms with Crippen LogP contribution in [0.4, 0.5) is 5.69 Å². The van der Waals surface area contributed by atoms with Crippen molar-refractivity contribution in [3.8, 4) is 0 Å². The summed E-state index contributed by atoms with van der Waals surface area (Å²) < 4.78 is 6.81. The Morgan fingerprint density at radius 2 is 2.09 bits per heavy atom. The van der Waals surface area contributed by atoms with Gasteiger partial charge in [-0.05, 0) is 12.0 Å². The Hall–Kier alpha value is -2.34. The van der Waals surface area contributed by atoms with Gasteiger partial charge >= 0.3 is 5.97 Å². The summed E-state index contributed by atoms with van der Waals surface area (Å²) in [7, 11) is 0. The second-order valence-electron chi connectivity index (χ2n) is 5.79. The molecule has 2 N–H and O–H groups in total. The van der Waals surface area contributed by atoms with Crippen LogP contribution in [0.5, 0.6) is 0 Å². The van der Waals surface area contributed by atoms with E-state index in [2.05, 4.69) is 4.98 Å². The van der Waals surface area contributed by atoms with E-state index in [9.17, 15) is 9.59 Å². The summed E-state index contributed by atoms with van der Waals surface area (Å²) in [5, 5.41) is 0. The Morgan fingerprint density at radius 1 is 1.35 bits per heavy atom. The molecule has 1 aromatic heterocycles. The molecule has 2 aromatic rings.